The Balaban J connectivity index is 1.41. The third-order valence-electron chi connectivity index (χ3n) is 4.74. The molecular formula is C19H28N4O2S2. The van der Waals surface area contributed by atoms with Crippen LogP contribution in [0.1, 0.15) is 30.7 Å². The molecule has 1 amide bonds. The lowest BCUT2D eigenvalue weighted by atomic mass is 10.2. The van der Waals surface area contributed by atoms with E-state index in [-0.39, 0.29) is 18.1 Å². The second-order valence-corrected chi connectivity index (χ2v) is 9.32. The van der Waals surface area contributed by atoms with E-state index in [2.05, 4.69) is 47.9 Å². The molecule has 3 heterocycles. The molecule has 1 N–H and O–H groups in total. The van der Waals surface area contributed by atoms with Crippen molar-refractivity contribution in [3.8, 4) is 0 Å². The Bertz CT molecular complexity index is 785. The van der Waals surface area contributed by atoms with Gasteiger partial charge in [-0.3, -0.25) is 9.69 Å². The minimum atomic E-state index is 0.0556. The first-order chi connectivity index (χ1) is 12.9. The van der Waals surface area contributed by atoms with Crippen molar-refractivity contribution in [3.63, 3.8) is 0 Å². The number of amides is 1. The molecule has 6 nitrogen and oxygen atoms in total. The summed E-state index contributed by atoms with van der Waals surface area (Å²) in [5, 5.41) is 5.01. The fourth-order valence-electron chi connectivity index (χ4n) is 3.44. The van der Waals surface area contributed by atoms with Crippen molar-refractivity contribution in [3.05, 3.63) is 16.8 Å². The number of aromatic nitrogens is 2. The van der Waals surface area contributed by atoms with Gasteiger partial charge in [-0.15, -0.1) is 11.3 Å². The number of hydrogen-bond acceptors (Lipinski definition) is 7. The summed E-state index contributed by atoms with van der Waals surface area (Å²) in [6, 6.07) is 0. The van der Waals surface area contributed by atoms with E-state index >= 15 is 0 Å². The monoisotopic (exact) mass is 408 g/mol. The van der Waals surface area contributed by atoms with Gasteiger partial charge in [-0.25, -0.2) is 9.97 Å². The van der Waals surface area contributed by atoms with Crippen molar-refractivity contribution in [1.29, 1.82) is 0 Å². The summed E-state index contributed by atoms with van der Waals surface area (Å²) in [6.45, 7) is 12.0. The molecule has 3 rings (SSSR count). The summed E-state index contributed by atoms with van der Waals surface area (Å²) in [5.74, 6) is 0.437. The van der Waals surface area contributed by atoms with Crippen LogP contribution in [0.5, 0.6) is 0 Å². The Morgan fingerprint density at radius 1 is 1.33 bits per heavy atom. The van der Waals surface area contributed by atoms with Crippen molar-refractivity contribution >= 4 is 39.2 Å². The number of morpholine rings is 1. The van der Waals surface area contributed by atoms with Crippen molar-refractivity contribution in [2.24, 2.45) is 0 Å². The second kappa shape index (κ2) is 9.32. The lowest BCUT2D eigenvalue weighted by Crippen LogP contribution is -2.46. The Morgan fingerprint density at radius 2 is 2.07 bits per heavy atom. The molecule has 148 valence electrons. The van der Waals surface area contributed by atoms with Gasteiger partial charge in [0, 0.05) is 36.4 Å². The summed E-state index contributed by atoms with van der Waals surface area (Å²) in [4.78, 5) is 25.6. The van der Waals surface area contributed by atoms with Crippen LogP contribution in [0, 0.1) is 13.8 Å². The Hall–Kier alpha value is -1.22. The molecule has 0 bridgehead atoms. The maximum absolute atomic E-state index is 12.2. The summed E-state index contributed by atoms with van der Waals surface area (Å²) in [5.41, 5.74) is 1.22. The number of thioether (sulfide) groups is 1. The van der Waals surface area contributed by atoms with Crippen molar-refractivity contribution < 1.29 is 9.53 Å². The van der Waals surface area contributed by atoms with Crippen molar-refractivity contribution in [2.45, 2.75) is 51.3 Å². The predicted octanol–water partition coefficient (Wildman–Crippen LogP) is 3.02. The topological polar surface area (TPSA) is 67.4 Å². The number of carbonyl (C=O) groups is 1. The number of thiophene rings is 1. The quantitative estimate of drug-likeness (QED) is 0.432. The standard InChI is InChI=1S/C19H28N4O2S2/c1-12-8-23(9-13(2)25-12)7-5-6-20-16(24)10-26-18-17-14(3)15(4)27-19(17)22-11-21-18/h11-13H,5-10H2,1-4H3,(H,20,24). The molecule has 0 aromatic carbocycles. The fraction of sp³-hybridized carbons (Fsp3) is 0.632. The second-order valence-electron chi connectivity index (χ2n) is 7.15. The summed E-state index contributed by atoms with van der Waals surface area (Å²) >= 11 is 3.17. The van der Waals surface area contributed by atoms with E-state index in [4.69, 9.17) is 4.74 Å². The third-order valence-corrected chi connectivity index (χ3v) is 6.84. The van der Waals surface area contributed by atoms with Gasteiger partial charge in [0.2, 0.25) is 5.91 Å². The molecule has 0 saturated carbocycles. The molecule has 2 aromatic heterocycles. The van der Waals surface area contributed by atoms with Crippen LogP contribution in [0.15, 0.2) is 11.4 Å². The highest BCUT2D eigenvalue weighted by atomic mass is 32.2. The first-order valence-electron chi connectivity index (χ1n) is 9.42. The van der Waals surface area contributed by atoms with Crippen LogP contribution < -0.4 is 5.32 Å². The maximum atomic E-state index is 12.2. The number of aryl methyl sites for hydroxylation is 2. The highest BCUT2D eigenvalue weighted by Gasteiger charge is 2.21. The summed E-state index contributed by atoms with van der Waals surface area (Å²) < 4.78 is 5.75. The molecule has 2 unspecified atom stereocenters. The van der Waals surface area contributed by atoms with Gasteiger partial charge in [-0.05, 0) is 39.7 Å². The molecule has 0 spiro atoms. The molecule has 1 fully saturated rings. The van der Waals surface area contributed by atoms with E-state index in [9.17, 15) is 4.79 Å². The van der Waals surface area contributed by atoms with Gasteiger partial charge in [0.1, 0.15) is 16.2 Å². The van der Waals surface area contributed by atoms with Crippen molar-refractivity contribution in [1.82, 2.24) is 20.2 Å². The van der Waals surface area contributed by atoms with Crippen LogP contribution in [0.25, 0.3) is 10.2 Å². The van der Waals surface area contributed by atoms with Gasteiger partial charge in [-0.1, -0.05) is 11.8 Å². The molecular weight excluding hydrogens is 380 g/mol. The Morgan fingerprint density at radius 3 is 2.81 bits per heavy atom. The molecule has 0 radical (unpaired) electrons. The van der Waals surface area contributed by atoms with Gasteiger partial charge in [-0.2, -0.15) is 0 Å². The molecule has 0 aliphatic carbocycles. The zero-order chi connectivity index (χ0) is 19.4. The van der Waals surface area contributed by atoms with Gasteiger partial charge < -0.3 is 10.1 Å². The Kier molecular flexibility index (Phi) is 7.08. The van der Waals surface area contributed by atoms with Crippen LogP contribution in [0.2, 0.25) is 0 Å². The summed E-state index contributed by atoms with van der Waals surface area (Å²) in [7, 11) is 0. The van der Waals surface area contributed by atoms with Crippen LogP contribution >= 0.6 is 23.1 Å². The van der Waals surface area contributed by atoms with Gasteiger partial charge >= 0.3 is 0 Å². The lowest BCUT2D eigenvalue weighted by molar-refractivity contribution is -0.118. The zero-order valence-electron chi connectivity index (χ0n) is 16.4. The number of nitrogens with zero attached hydrogens (tertiary/aromatic N) is 3. The van der Waals surface area contributed by atoms with Crippen LogP contribution in [-0.2, 0) is 9.53 Å². The minimum absolute atomic E-state index is 0.0556. The average molecular weight is 409 g/mol. The molecule has 1 saturated heterocycles. The largest absolute Gasteiger partial charge is 0.373 e. The average Bonchev–Trinajstić information content (AvgIpc) is 2.91. The van der Waals surface area contributed by atoms with Gasteiger partial charge in [0.15, 0.2) is 0 Å². The number of hydrogen-bond donors (Lipinski definition) is 1. The molecule has 8 heteroatoms. The lowest BCUT2D eigenvalue weighted by Gasteiger charge is -2.35. The first kappa shape index (κ1) is 20.5. The third kappa shape index (κ3) is 5.40. The van der Waals surface area contributed by atoms with E-state index in [0.717, 1.165) is 41.3 Å². The first-order valence-corrected chi connectivity index (χ1v) is 11.2. The molecule has 27 heavy (non-hydrogen) atoms. The number of ether oxygens (including phenoxy) is 1. The smallest absolute Gasteiger partial charge is 0.230 e. The molecule has 1 aliphatic heterocycles. The number of rotatable bonds is 7. The maximum Gasteiger partial charge on any atom is 0.230 e. The van der Waals surface area contributed by atoms with Crippen LogP contribution in [-0.4, -0.2) is 64.9 Å². The van der Waals surface area contributed by atoms with E-state index < -0.39 is 0 Å². The van der Waals surface area contributed by atoms with E-state index in [0.29, 0.717) is 12.3 Å². The highest BCUT2D eigenvalue weighted by Crippen LogP contribution is 2.34. The predicted molar refractivity (Wildman–Crippen MR) is 112 cm³/mol. The fourth-order valence-corrected chi connectivity index (χ4v) is 5.39. The highest BCUT2D eigenvalue weighted by molar-refractivity contribution is 8.00. The summed E-state index contributed by atoms with van der Waals surface area (Å²) in [6.07, 6.45) is 3.11. The number of carbonyl (C=O) groups excluding carboxylic acids is 1. The number of fused-ring (bicyclic) bond motifs is 1. The molecule has 2 aromatic rings. The van der Waals surface area contributed by atoms with E-state index in [1.165, 1.54) is 22.2 Å². The van der Waals surface area contributed by atoms with Crippen LogP contribution in [0.3, 0.4) is 0 Å². The van der Waals surface area contributed by atoms with Crippen molar-refractivity contribution in [2.75, 3.05) is 31.9 Å². The van der Waals surface area contributed by atoms with E-state index in [1.54, 1.807) is 17.7 Å². The minimum Gasteiger partial charge on any atom is -0.373 e. The normalized spacial score (nSPS) is 20.9. The SMILES string of the molecule is Cc1sc2ncnc(SCC(=O)NCCCN3CC(C)OC(C)C3)c2c1C. The number of nitrogens with one attached hydrogen (secondary N) is 1. The molecule has 1 aliphatic rings. The van der Waals surface area contributed by atoms with Gasteiger partial charge in [0.05, 0.1) is 18.0 Å². The van der Waals surface area contributed by atoms with Crippen LogP contribution in [0.4, 0.5) is 0 Å². The van der Waals surface area contributed by atoms with Gasteiger partial charge in [0.25, 0.3) is 0 Å². The molecule has 2 atom stereocenters. The van der Waals surface area contributed by atoms with E-state index in [1.807, 2.05) is 0 Å². The Labute approximate surface area is 169 Å². The zero-order valence-corrected chi connectivity index (χ0v) is 18.1.